The van der Waals surface area contributed by atoms with Crippen molar-refractivity contribution in [3.05, 3.63) is 30.2 Å². The minimum absolute atomic E-state index is 0.00656. The van der Waals surface area contributed by atoms with Gasteiger partial charge in [-0.05, 0) is 19.9 Å². The smallest absolute Gasteiger partial charge is 0.433 e. The van der Waals surface area contributed by atoms with Gasteiger partial charge in [0.15, 0.2) is 11.4 Å². The SMILES string of the molecule is C#CC(C)(C)Oc1cnc(-c2nc3cc(C(F)(F)F)ncc3n2C)c(S(=N)(=O)CC)c1. The Hall–Kier alpha value is -3.13. The van der Waals surface area contributed by atoms with Crippen molar-refractivity contribution in [3.8, 4) is 29.6 Å². The molecule has 0 bridgehead atoms. The summed E-state index contributed by atoms with van der Waals surface area (Å²) in [7, 11) is -1.71. The first-order chi connectivity index (χ1) is 14.3. The van der Waals surface area contributed by atoms with E-state index in [0.717, 1.165) is 12.3 Å². The van der Waals surface area contributed by atoms with Crippen molar-refractivity contribution in [2.45, 2.75) is 37.4 Å². The molecule has 3 rings (SSSR count). The molecule has 0 aliphatic heterocycles. The number of rotatable bonds is 5. The van der Waals surface area contributed by atoms with Crippen LogP contribution in [0.25, 0.3) is 22.6 Å². The van der Waals surface area contributed by atoms with Crippen LogP contribution in [-0.2, 0) is 23.0 Å². The first-order valence-corrected chi connectivity index (χ1v) is 10.8. The highest BCUT2D eigenvalue weighted by molar-refractivity contribution is 7.92. The van der Waals surface area contributed by atoms with E-state index >= 15 is 0 Å². The fourth-order valence-electron chi connectivity index (χ4n) is 2.84. The van der Waals surface area contributed by atoms with Crippen LogP contribution in [-0.4, -0.2) is 35.1 Å². The molecular formula is C20H20F3N5O2S. The third-order valence-electron chi connectivity index (χ3n) is 4.58. The molecule has 0 amide bonds. The lowest BCUT2D eigenvalue weighted by Crippen LogP contribution is -2.25. The lowest BCUT2D eigenvalue weighted by atomic mass is 10.1. The summed E-state index contributed by atoms with van der Waals surface area (Å²) in [6, 6.07) is 2.25. The van der Waals surface area contributed by atoms with Gasteiger partial charge < -0.3 is 9.30 Å². The molecule has 1 N–H and O–H groups in total. The molecule has 0 spiro atoms. The second kappa shape index (κ2) is 7.53. The highest BCUT2D eigenvalue weighted by Gasteiger charge is 2.33. The molecule has 0 saturated carbocycles. The van der Waals surface area contributed by atoms with Crippen molar-refractivity contribution in [2.24, 2.45) is 7.05 Å². The summed E-state index contributed by atoms with van der Waals surface area (Å²) in [5, 5.41) is 0. The van der Waals surface area contributed by atoms with Crippen molar-refractivity contribution in [1.82, 2.24) is 19.5 Å². The molecular weight excluding hydrogens is 431 g/mol. The van der Waals surface area contributed by atoms with Gasteiger partial charge in [0.05, 0.1) is 38.1 Å². The van der Waals surface area contributed by atoms with Crippen LogP contribution in [0.3, 0.4) is 0 Å². The molecule has 0 aromatic carbocycles. The second-order valence-electron chi connectivity index (χ2n) is 7.29. The van der Waals surface area contributed by atoms with Gasteiger partial charge in [-0.3, -0.25) is 0 Å². The summed E-state index contributed by atoms with van der Waals surface area (Å²) in [6.45, 7) is 4.91. The molecule has 1 unspecified atom stereocenters. The molecule has 31 heavy (non-hydrogen) atoms. The zero-order valence-corrected chi connectivity index (χ0v) is 18.1. The van der Waals surface area contributed by atoms with Crippen LogP contribution in [0.2, 0.25) is 0 Å². The average Bonchev–Trinajstić information content (AvgIpc) is 3.03. The molecule has 7 nitrogen and oxygen atoms in total. The van der Waals surface area contributed by atoms with Crippen LogP contribution in [0.5, 0.6) is 5.75 Å². The van der Waals surface area contributed by atoms with Gasteiger partial charge in [0.2, 0.25) is 0 Å². The Morgan fingerprint density at radius 3 is 2.52 bits per heavy atom. The number of halogens is 3. The molecule has 0 aliphatic carbocycles. The quantitative estimate of drug-likeness (QED) is 0.585. The van der Waals surface area contributed by atoms with Crippen molar-refractivity contribution >= 4 is 20.8 Å². The van der Waals surface area contributed by atoms with Gasteiger partial charge in [0, 0.05) is 18.9 Å². The molecule has 11 heteroatoms. The molecule has 0 saturated heterocycles. The van der Waals surface area contributed by atoms with E-state index in [4.69, 9.17) is 15.9 Å². The monoisotopic (exact) mass is 451 g/mol. The van der Waals surface area contributed by atoms with E-state index in [2.05, 4.69) is 20.9 Å². The number of nitrogens with zero attached hydrogens (tertiary/aromatic N) is 4. The molecule has 0 fully saturated rings. The number of hydrogen-bond acceptors (Lipinski definition) is 6. The molecule has 3 heterocycles. The van der Waals surface area contributed by atoms with E-state index in [1.807, 2.05) is 0 Å². The normalized spacial score (nSPS) is 14.3. The van der Waals surface area contributed by atoms with E-state index in [9.17, 15) is 17.4 Å². The molecule has 0 aliphatic rings. The zero-order chi connectivity index (χ0) is 23.2. The number of fused-ring (bicyclic) bond motifs is 1. The van der Waals surface area contributed by atoms with Gasteiger partial charge in [-0.25, -0.2) is 23.9 Å². The Labute approximate surface area is 177 Å². The van der Waals surface area contributed by atoms with Crippen molar-refractivity contribution in [2.75, 3.05) is 5.75 Å². The van der Waals surface area contributed by atoms with E-state index < -0.39 is 27.2 Å². The number of terminal acetylenes is 1. The van der Waals surface area contributed by atoms with Crippen LogP contribution < -0.4 is 4.74 Å². The summed E-state index contributed by atoms with van der Waals surface area (Å²) in [4.78, 5) is 12.1. The first kappa shape index (κ1) is 22.6. The number of aryl methyl sites for hydroxylation is 1. The standard InChI is InChI=1S/C20H20F3N5O2S/c1-6-19(3,4)30-12-8-15(31(24,29)7-2)17(26-10-12)18-27-13-9-16(20(21,22)23)25-11-14(13)28(18)5/h1,8-11,24H,7H2,2-5H3. The van der Waals surface area contributed by atoms with Gasteiger partial charge in [-0.1, -0.05) is 12.8 Å². The van der Waals surface area contributed by atoms with Crippen LogP contribution in [0.4, 0.5) is 13.2 Å². The minimum Gasteiger partial charge on any atom is -0.474 e. The van der Waals surface area contributed by atoms with Crippen molar-refractivity contribution < 1.29 is 22.1 Å². The molecule has 3 aromatic heterocycles. The third-order valence-corrected chi connectivity index (χ3v) is 6.41. The molecule has 164 valence electrons. The number of ether oxygens (including phenoxy) is 1. The predicted molar refractivity (Wildman–Crippen MR) is 110 cm³/mol. The van der Waals surface area contributed by atoms with Gasteiger partial charge >= 0.3 is 6.18 Å². The number of hydrogen-bond donors (Lipinski definition) is 1. The Morgan fingerprint density at radius 1 is 1.26 bits per heavy atom. The topological polar surface area (TPSA) is 93.8 Å². The highest BCUT2D eigenvalue weighted by Crippen LogP contribution is 2.34. The zero-order valence-electron chi connectivity index (χ0n) is 17.2. The summed E-state index contributed by atoms with van der Waals surface area (Å²) in [5.41, 5.74) is -1.55. The summed E-state index contributed by atoms with van der Waals surface area (Å²) in [5.74, 6) is 2.83. The van der Waals surface area contributed by atoms with E-state index in [1.54, 1.807) is 27.8 Å². The third kappa shape index (κ3) is 4.34. The number of imidazole rings is 1. The van der Waals surface area contributed by atoms with E-state index in [0.29, 0.717) is 5.52 Å². The van der Waals surface area contributed by atoms with Crippen LogP contribution in [0.1, 0.15) is 26.5 Å². The van der Waals surface area contributed by atoms with Crippen LogP contribution in [0, 0.1) is 17.1 Å². The summed E-state index contributed by atoms with van der Waals surface area (Å²) >= 11 is 0. The summed E-state index contributed by atoms with van der Waals surface area (Å²) in [6.07, 6.45) is 3.24. The Bertz CT molecular complexity index is 1300. The summed E-state index contributed by atoms with van der Waals surface area (Å²) < 4.78 is 67.5. The maximum atomic E-state index is 13.0. The fraction of sp³-hybridized carbons (Fsp3) is 0.350. The Kier molecular flexibility index (Phi) is 5.48. The maximum Gasteiger partial charge on any atom is 0.433 e. The average molecular weight is 451 g/mol. The molecule has 0 radical (unpaired) electrons. The number of aromatic nitrogens is 4. The molecule has 1 atom stereocenters. The lowest BCUT2D eigenvalue weighted by Gasteiger charge is -2.21. The van der Waals surface area contributed by atoms with Crippen molar-refractivity contribution in [3.63, 3.8) is 0 Å². The number of alkyl halides is 3. The van der Waals surface area contributed by atoms with E-state index in [1.165, 1.54) is 16.8 Å². The van der Waals surface area contributed by atoms with E-state index in [-0.39, 0.29) is 33.4 Å². The van der Waals surface area contributed by atoms with Gasteiger partial charge in [-0.15, -0.1) is 6.42 Å². The first-order valence-electron chi connectivity index (χ1n) is 9.12. The highest BCUT2D eigenvalue weighted by atomic mass is 32.2. The largest absolute Gasteiger partial charge is 0.474 e. The molecule has 3 aromatic rings. The Morgan fingerprint density at radius 2 is 1.94 bits per heavy atom. The van der Waals surface area contributed by atoms with Crippen LogP contribution in [0.15, 0.2) is 29.4 Å². The maximum absolute atomic E-state index is 13.0. The van der Waals surface area contributed by atoms with Crippen LogP contribution >= 0.6 is 0 Å². The predicted octanol–water partition coefficient (Wildman–Crippen LogP) is 4.27. The lowest BCUT2D eigenvalue weighted by molar-refractivity contribution is -0.141. The number of nitrogens with one attached hydrogen (secondary N) is 1. The number of pyridine rings is 2. The Balaban J connectivity index is 2.23. The van der Waals surface area contributed by atoms with Gasteiger partial charge in [0.1, 0.15) is 17.1 Å². The van der Waals surface area contributed by atoms with Crippen molar-refractivity contribution in [1.29, 1.82) is 4.78 Å². The van der Waals surface area contributed by atoms with Gasteiger partial charge in [-0.2, -0.15) is 13.2 Å². The van der Waals surface area contributed by atoms with Gasteiger partial charge in [0.25, 0.3) is 0 Å². The second-order valence-corrected chi connectivity index (χ2v) is 9.66. The fourth-order valence-corrected chi connectivity index (χ4v) is 3.91. The minimum atomic E-state index is -4.62.